The molecule has 11 nitrogen and oxygen atoms in total. The predicted molar refractivity (Wildman–Crippen MR) is 212 cm³/mol. The summed E-state index contributed by atoms with van der Waals surface area (Å²) >= 11 is 3.11. The summed E-state index contributed by atoms with van der Waals surface area (Å²) in [5.74, 6) is -0.716. The van der Waals surface area contributed by atoms with Crippen LogP contribution in [0.1, 0.15) is 41.7 Å². The number of hydrogen-bond donors (Lipinski definition) is 1. The molecule has 2 aromatic heterocycles. The molecule has 0 saturated carbocycles. The third-order valence-corrected chi connectivity index (χ3v) is 12.2. The van der Waals surface area contributed by atoms with E-state index in [0.717, 1.165) is 41.7 Å². The number of aromatic nitrogens is 1. The van der Waals surface area contributed by atoms with E-state index in [1.807, 2.05) is 89.8 Å². The van der Waals surface area contributed by atoms with Crippen LogP contribution in [0, 0.1) is 0 Å². The molecule has 0 bridgehead atoms. The van der Waals surface area contributed by atoms with E-state index in [0.29, 0.717) is 32.2 Å². The van der Waals surface area contributed by atoms with E-state index < -0.39 is 31.6 Å². The van der Waals surface area contributed by atoms with E-state index in [1.165, 1.54) is 16.4 Å². The van der Waals surface area contributed by atoms with Crippen molar-refractivity contribution in [3.8, 4) is 0 Å². The number of thioether (sulfide) groups is 1. The molecule has 0 spiro atoms. The fraction of sp³-hybridized carbons (Fsp3) is 0.211. The molecule has 1 aliphatic heterocycles. The molecule has 3 heterocycles. The fourth-order valence-electron chi connectivity index (χ4n) is 5.84. The number of benzene rings is 3. The monoisotopic (exact) mass is 813 g/mol. The molecule has 0 saturated heterocycles. The number of fused-ring (bicyclic) bond motifs is 2. The summed E-state index contributed by atoms with van der Waals surface area (Å²) in [4.78, 5) is 17.4. The number of allylic oxidation sites excluding steroid dienone is 2. The van der Waals surface area contributed by atoms with Crippen molar-refractivity contribution >= 4 is 83.6 Å². The Morgan fingerprint density at radius 3 is 2.35 bits per heavy atom. The molecular weight excluding hydrogens is 778 g/mol. The molecule has 0 aliphatic carbocycles. The molecule has 276 valence electrons. The molecule has 16 heteroatoms. The van der Waals surface area contributed by atoms with Crippen LogP contribution in [0.25, 0.3) is 28.3 Å². The second kappa shape index (κ2) is 18.9. The van der Waals surface area contributed by atoms with Gasteiger partial charge >= 0.3 is 35.2 Å². The molecule has 1 aliphatic rings. The molecular formula is C38H36N3NaO8S4. The van der Waals surface area contributed by atoms with Crippen LogP contribution in [0.15, 0.2) is 115 Å². The van der Waals surface area contributed by atoms with E-state index in [9.17, 15) is 26.2 Å². The van der Waals surface area contributed by atoms with Crippen LogP contribution in [0.4, 0.5) is 5.69 Å². The number of thiophene rings is 1. The quantitative estimate of drug-likeness (QED) is 0.0721. The first-order valence-electron chi connectivity index (χ1n) is 16.8. The number of rotatable bonds is 15. The average molecular weight is 814 g/mol. The molecule has 0 amide bonds. The SMILES string of the molecule is O=c1o/c(=C\C=C\c2sc3ccccc3c2CCCCS(=O)(=O)O)n(/N=C/c2ccccc2)/c1=C\C=C1/Sc2ccccc2N1CCCCS(=O)(=O)[O-].[Na+]. The predicted octanol–water partition coefficient (Wildman–Crippen LogP) is 2.81. The van der Waals surface area contributed by atoms with Gasteiger partial charge < -0.3 is 13.9 Å². The Hall–Kier alpha value is -3.51. The minimum Gasteiger partial charge on any atom is -0.748 e. The second-order valence-corrected chi connectivity index (χ2v) is 17.4. The van der Waals surface area contributed by atoms with Crippen LogP contribution in [0.5, 0.6) is 0 Å². The summed E-state index contributed by atoms with van der Waals surface area (Å²) in [5.41, 5.74) is 2.43. The van der Waals surface area contributed by atoms with Gasteiger partial charge in [0.05, 0.1) is 32.8 Å². The van der Waals surface area contributed by atoms with Gasteiger partial charge in [0.1, 0.15) is 0 Å². The van der Waals surface area contributed by atoms with Gasteiger partial charge in [0.25, 0.3) is 10.1 Å². The van der Waals surface area contributed by atoms with Crippen LogP contribution < -0.4 is 51.0 Å². The van der Waals surface area contributed by atoms with Gasteiger partial charge in [-0.15, -0.1) is 11.3 Å². The number of nitrogens with zero attached hydrogens (tertiary/aromatic N) is 3. The summed E-state index contributed by atoms with van der Waals surface area (Å²) in [5, 5.41) is 6.70. The van der Waals surface area contributed by atoms with Crippen molar-refractivity contribution in [3.05, 3.63) is 133 Å². The number of aryl methyl sites for hydroxylation is 1. The summed E-state index contributed by atoms with van der Waals surface area (Å²) in [7, 11) is -8.33. The third-order valence-electron chi connectivity index (χ3n) is 8.31. The van der Waals surface area contributed by atoms with Crippen molar-refractivity contribution in [2.75, 3.05) is 23.0 Å². The van der Waals surface area contributed by atoms with Crippen molar-refractivity contribution in [2.24, 2.45) is 5.10 Å². The molecule has 3 aromatic carbocycles. The number of para-hydroxylation sites is 1. The minimum absolute atomic E-state index is 0. The maximum absolute atomic E-state index is 13.4. The van der Waals surface area contributed by atoms with Crippen LogP contribution in [-0.4, -0.2) is 54.9 Å². The molecule has 1 N–H and O–H groups in total. The Morgan fingerprint density at radius 1 is 0.852 bits per heavy atom. The molecule has 0 radical (unpaired) electrons. The topological polar surface area (TPSA) is 162 Å². The molecule has 0 atom stereocenters. The Labute approximate surface area is 343 Å². The van der Waals surface area contributed by atoms with Gasteiger partial charge in [0.2, 0.25) is 5.55 Å². The molecule has 6 rings (SSSR count). The van der Waals surface area contributed by atoms with Crippen LogP contribution >= 0.6 is 23.1 Å². The molecule has 0 unspecified atom stereocenters. The van der Waals surface area contributed by atoms with Gasteiger partial charge in [-0.3, -0.25) is 4.55 Å². The van der Waals surface area contributed by atoms with Gasteiger partial charge in [-0.25, -0.2) is 13.2 Å². The average Bonchev–Trinajstić information content (AvgIpc) is 3.76. The van der Waals surface area contributed by atoms with Crippen molar-refractivity contribution < 1.29 is 59.9 Å². The van der Waals surface area contributed by atoms with Crippen LogP contribution in [0.3, 0.4) is 0 Å². The third kappa shape index (κ3) is 11.3. The van der Waals surface area contributed by atoms with Gasteiger partial charge in [-0.05, 0) is 85.0 Å². The number of hydrogen-bond acceptors (Lipinski definition) is 11. The Balaban J connectivity index is 0.00000561. The molecule has 54 heavy (non-hydrogen) atoms. The van der Waals surface area contributed by atoms with Gasteiger partial charge in [-0.2, -0.15) is 18.2 Å². The normalized spacial score (nSPS) is 14.9. The van der Waals surface area contributed by atoms with Gasteiger partial charge in [0.15, 0.2) is 5.35 Å². The zero-order chi connectivity index (χ0) is 37.4. The Bertz CT molecular complexity index is 2590. The Kier molecular flexibility index (Phi) is 14.6. The van der Waals surface area contributed by atoms with Crippen molar-refractivity contribution in [3.63, 3.8) is 0 Å². The van der Waals surface area contributed by atoms with E-state index in [4.69, 9.17) is 8.97 Å². The largest absolute Gasteiger partial charge is 1.00 e. The maximum Gasteiger partial charge on any atom is 1.00 e. The van der Waals surface area contributed by atoms with E-state index in [1.54, 1.807) is 41.9 Å². The molecule has 0 fully saturated rings. The standard InChI is InChI=1S/C38H37N3O8S4.Na/c42-38-32(22-23-37-40(24-9-11-26-53(46,47)48)31-17-5-7-19-35(31)51-37)41(39-27-28-13-2-1-3-14-28)36(49-38)21-12-20-34-30(16-8-10-25-52(43,44)45)29-15-4-6-18-33(29)50-34;/h1-7,12-15,17-23,27H,8-11,16,24-26H2,(H,43,44,45)(H,46,47,48);/q;+1/p-1/b20-12+,32-22-,36-21-,37-23-,39-27+;. The first kappa shape index (κ1) is 41.6. The van der Waals surface area contributed by atoms with E-state index >= 15 is 0 Å². The smallest absolute Gasteiger partial charge is 0.748 e. The first-order valence-corrected chi connectivity index (χ1v) is 21.6. The van der Waals surface area contributed by atoms with Crippen LogP contribution in [0.2, 0.25) is 0 Å². The summed E-state index contributed by atoms with van der Waals surface area (Å²) < 4.78 is 73.3. The number of oxazole rings is 1. The van der Waals surface area contributed by atoms with E-state index in [-0.39, 0.29) is 52.6 Å². The first-order chi connectivity index (χ1) is 25.4. The fourth-order valence-corrected chi connectivity index (χ4v) is 9.23. The van der Waals surface area contributed by atoms with Gasteiger partial charge in [0, 0.05) is 32.8 Å². The van der Waals surface area contributed by atoms with Crippen molar-refractivity contribution in [2.45, 2.75) is 37.0 Å². The summed E-state index contributed by atoms with van der Waals surface area (Å²) in [6.45, 7) is 0.477. The molecule has 5 aromatic rings. The number of unbranched alkanes of at least 4 members (excludes halogenated alkanes) is 2. The Morgan fingerprint density at radius 2 is 1.57 bits per heavy atom. The summed E-state index contributed by atoms with van der Waals surface area (Å²) in [6.07, 6.45) is 12.7. The second-order valence-electron chi connectivity index (χ2n) is 12.2. The minimum atomic E-state index is -4.30. The maximum atomic E-state index is 13.4. The zero-order valence-corrected chi connectivity index (χ0v) is 34.7. The van der Waals surface area contributed by atoms with E-state index in [2.05, 4.69) is 5.10 Å². The van der Waals surface area contributed by atoms with Crippen molar-refractivity contribution in [1.82, 2.24) is 4.68 Å². The van der Waals surface area contributed by atoms with Gasteiger partial charge in [-0.1, -0.05) is 78.5 Å². The summed E-state index contributed by atoms with van der Waals surface area (Å²) in [6, 6.07) is 25.2. The zero-order valence-electron chi connectivity index (χ0n) is 29.4. The van der Waals surface area contributed by atoms with Crippen LogP contribution in [-0.2, 0) is 26.7 Å². The number of anilines is 1. The van der Waals surface area contributed by atoms with Crippen molar-refractivity contribution in [1.29, 1.82) is 0 Å².